The van der Waals surface area contributed by atoms with E-state index in [2.05, 4.69) is 39.9 Å². The Hall–Kier alpha value is -2.32. The second-order valence-electron chi connectivity index (χ2n) is 7.71. The normalized spacial score (nSPS) is 17.0. The molecular weight excluding hydrogens is 394 g/mol. The zero-order valence-corrected chi connectivity index (χ0v) is 19.4. The molecule has 0 saturated carbocycles. The van der Waals surface area contributed by atoms with Crippen LogP contribution in [0.5, 0.6) is 5.75 Å². The number of methoxy groups -OCH3 is 1. The number of carbonyl (C=O) groups excluding carboxylic acids is 1. The van der Waals surface area contributed by atoms with Gasteiger partial charge >= 0.3 is 0 Å². The quantitative estimate of drug-likeness (QED) is 0.365. The first-order valence-electron chi connectivity index (χ1n) is 11.3. The molecule has 0 spiro atoms. The molecule has 2 atom stereocenters. The summed E-state index contributed by atoms with van der Waals surface area (Å²) in [6, 6.07) is 8.55. The number of guanidine groups is 1. The van der Waals surface area contributed by atoms with Crippen LogP contribution in [0.25, 0.3) is 0 Å². The third-order valence-corrected chi connectivity index (χ3v) is 5.42. The molecular formula is C23H39N5O3. The number of benzene rings is 1. The van der Waals surface area contributed by atoms with E-state index in [9.17, 15) is 4.79 Å². The molecule has 1 aromatic carbocycles. The molecule has 1 aliphatic heterocycles. The van der Waals surface area contributed by atoms with Crippen LogP contribution in [0.2, 0.25) is 0 Å². The molecule has 1 saturated heterocycles. The Morgan fingerprint density at radius 3 is 2.52 bits per heavy atom. The number of morpholine rings is 1. The van der Waals surface area contributed by atoms with Gasteiger partial charge in [-0.2, -0.15) is 0 Å². The van der Waals surface area contributed by atoms with Crippen molar-refractivity contribution in [3.63, 3.8) is 0 Å². The number of aliphatic imine (C=N–C) groups is 1. The van der Waals surface area contributed by atoms with Gasteiger partial charge < -0.3 is 25.4 Å². The Morgan fingerprint density at radius 1 is 1.19 bits per heavy atom. The molecule has 0 aliphatic carbocycles. The second-order valence-corrected chi connectivity index (χ2v) is 7.71. The Morgan fingerprint density at radius 2 is 1.90 bits per heavy atom. The minimum Gasteiger partial charge on any atom is -0.497 e. The Bertz CT molecular complexity index is 674. The molecule has 1 aromatic rings. The number of hydrogen-bond donors (Lipinski definition) is 3. The Balaban J connectivity index is 2.02. The standard InChI is InChI=1S/C23H39N5O3/c1-5-18(3)27-22(29)11-12-25-23(24-6-2)26-17-21(28-13-15-31-16-14-28)19-7-9-20(30-4)10-8-19/h7-10,18,21H,5-6,11-17H2,1-4H3,(H,27,29)(H2,24,25,26). The van der Waals surface area contributed by atoms with Gasteiger partial charge in [0.25, 0.3) is 0 Å². The second kappa shape index (κ2) is 13.9. The molecule has 2 rings (SSSR count). The van der Waals surface area contributed by atoms with Crippen molar-refractivity contribution in [2.24, 2.45) is 4.99 Å². The van der Waals surface area contributed by atoms with Gasteiger partial charge in [-0.3, -0.25) is 14.7 Å². The average molecular weight is 434 g/mol. The minimum atomic E-state index is 0.0575. The molecule has 0 radical (unpaired) electrons. The predicted molar refractivity (Wildman–Crippen MR) is 125 cm³/mol. The molecule has 0 aromatic heterocycles. The molecule has 8 nitrogen and oxygen atoms in total. The third kappa shape index (κ3) is 8.75. The first-order chi connectivity index (χ1) is 15.1. The molecule has 1 aliphatic rings. The van der Waals surface area contributed by atoms with Crippen molar-refractivity contribution in [1.82, 2.24) is 20.9 Å². The fourth-order valence-corrected chi connectivity index (χ4v) is 3.41. The van der Waals surface area contributed by atoms with Gasteiger partial charge in [0, 0.05) is 38.6 Å². The summed E-state index contributed by atoms with van der Waals surface area (Å²) >= 11 is 0. The maximum Gasteiger partial charge on any atom is 0.221 e. The van der Waals surface area contributed by atoms with Gasteiger partial charge in [0.05, 0.1) is 32.9 Å². The summed E-state index contributed by atoms with van der Waals surface area (Å²) in [6.07, 6.45) is 1.34. The van der Waals surface area contributed by atoms with E-state index in [-0.39, 0.29) is 18.0 Å². The largest absolute Gasteiger partial charge is 0.497 e. The lowest BCUT2D eigenvalue weighted by Crippen LogP contribution is -2.42. The fraction of sp³-hybridized carbons (Fsp3) is 0.652. The highest BCUT2D eigenvalue weighted by Gasteiger charge is 2.22. The molecule has 2 unspecified atom stereocenters. The number of rotatable bonds is 11. The monoisotopic (exact) mass is 433 g/mol. The molecule has 3 N–H and O–H groups in total. The highest BCUT2D eigenvalue weighted by Crippen LogP contribution is 2.24. The van der Waals surface area contributed by atoms with Gasteiger partial charge in [0.15, 0.2) is 5.96 Å². The van der Waals surface area contributed by atoms with Crippen molar-refractivity contribution in [2.75, 3.05) is 53.0 Å². The maximum atomic E-state index is 12.0. The molecule has 1 heterocycles. The van der Waals surface area contributed by atoms with E-state index >= 15 is 0 Å². The smallest absolute Gasteiger partial charge is 0.221 e. The van der Waals surface area contributed by atoms with Crippen molar-refractivity contribution in [3.8, 4) is 5.75 Å². The van der Waals surface area contributed by atoms with Crippen LogP contribution in [0.4, 0.5) is 0 Å². The topological polar surface area (TPSA) is 87.2 Å². The SMILES string of the molecule is CCNC(=NCC(c1ccc(OC)cc1)N1CCOCC1)NCCC(=O)NC(C)CC. The van der Waals surface area contributed by atoms with E-state index in [1.54, 1.807) is 7.11 Å². The minimum absolute atomic E-state index is 0.0575. The van der Waals surface area contributed by atoms with Gasteiger partial charge in [-0.15, -0.1) is 0 Å². The molecule has 1 amide bonds. The lowest BCUT2D eigenvalue weighted by molar-refractivity contribution is -0.121. The van der Waals surface area contributed by atoms with Gasteiger partial charge in [0.1, 0.15) is 5.75 Å². The van der Waals surface area contributed by atoms with E-state index in [4.69, 9.17) is 14.5 Å². The van der Waals surface area contributed by atoms with Crippen LogP contribution in [0, 0.1) is 0 Å². The molecule has 0 bridgehead atoms. The lowest BCUT2D eigenvalue weighted by Gasteiger charge is -2.34. The summed E-state index contributed by atoms with van der Waals surface area (Å²) in [6.45, 7) is 11.3. The number of nitrogens with one attached hydrogen (secondary N) is 3. The number of hydrogen-bond acceptors (Lipinski definition) is 5. The summed E-state index contributed by atoms with van der Waals surface area (Å²) in [5, 5.41) is 9.56. The van der Waals surface area contributed by atoms with E-state index in [1.165, 1.54) is 5.56 Å². The first kappa shape index (κ1) is 24.9. The summed E-state index contributed by atoms with van der Waals surface area (Å²) in [5.41, 5.74) is 1.20. The van der Waals surface area contributed by atoms with Gasteiger partial charge in [-0.05, 0) is 38.0 Å². The van der Waals surface area contributed by atoms with E-state index in [0.29, 0.717) is 19.5 Å². The lowest BCUT2D eigenvalue weighted by atomic mass is 10.0. The van der Waals surface area contributed by atoms with Crippen molar-refractivity contribution >= 4 is 11.9 Å². The molecule has 8 heteroatoms. The van der Waals surface area contributed by atoms with Crippen LogP contribution in [0.3, 0.4) is 0 Å². The number of nitrogens with zero attached hydrogens (tertiary/aromatic N) is 2. The average Bonchev–Trinajstić information content (AvgIpc) is 2.80. The van der Waals surface area contributed by atoms with Crippen LogP contribution in [0.15, 0.2) is 29.3 Å². The maximum absolute atomic E-state index is 12.0. The van der Waals surface area contributed by atoms with Gasteiger partial charge in [-0.1, -0.05) is 19.1 Å². The molecule has 1 fully saturated rings. The van der Waals surface area contributed by atoms with E-state index < -0.39 is 0 Å². The number of amides is 1. The fourth-order valence-electron chi connectivity index (χ4n) is 3.41. The molecule has 31 heavy (non-hydrogen) atoms. The van der Waals surface area contributed by atoms with Crippen molar-refractivity contribution in [2.45, 2.75) is 45.7 Å². The van der Waals surface area contributed by atoms with Crippen molar-refractivity contribution in [1.29, 1.82) is 0 Å². The van der Waals surface area contributed by atoms with Gasteiger partial charge in [-0.25, -0.2) is 0 Å². The van der Waals surface area contributed by atoms with Crippen LogP contribution < -0.4 is 20.7 Å². The van der Waals surface area contributed by atoms with Gasteiger partial charge in [0.2, 0.25) is 5.91 Å². The summed E-state index contributed by atoms with van der Waals surface area (Å²) in [7, 11) is 1.68. The first-order valence-corrected chi connectivity index (χ1v) is 11.3. The number of carbonyl (C=O) groups is 1. The summed E-state index contributed by atoms with van der Waals surface area (Å²) < 4.78 is 10.8. The highest BCUT2D eigenvalue weighted by atomic mass is 16.5. The van der Waals surface area contributed by atoms with Crippen LogP contribution in [-0.4, -0.2) is 75.9 Å². The molecule has 174 valence electrons. The van der Waals surface area contributed by atoms with E-state index in [0.717, 1.165) is 51.0 Å². The Kier molecular flexibility index (Phi) is 11.2. The summed E-state index contributed by atoms with van der Waals surface area (Å²) in [5.74, 6) is 1.63. The van der Waals surface area contributed by atoms with E-state index in [1.807, 2.05) is 26.0 Å². The number of ether oxygens (including phenoxy) is 2. The third-order valence-electron chi connectivity index (χ3n) is 5.42. The van der Waals surface area contributed by atoms with Crippen molar-refractivity contribution < 1.29 is 14.3 Å². The zero-order valence-electron chi connectivity index (χ0n) is 19.4. The van der Waals surface area contributed by atoms with Crippen LogP contribution >= 0.6 is 0 Å². The zero-order chi connectivity index (χ0) is 22.5. The Labute approximate surface area is 186 Å². The summed E-state index contributed by atoms with van der Waals surface area (Å²) in [4.78, 5) is 19.3. The predicted octanol–water partition coefficient (Wildman–Crippen LogP) is 1.93. The van der Waals surface area contributed by atoms with Crippen molar-refractivity contribution in [3.05, 3.63) is 29.8 Å². The highest BCUT2D eigenvalue weighted by molar-refractivity contribution is 5.81. The van der Waals surface area contributed by atoms with Crippen LogP contribution in [-0.2, 0) is 9.53 Å². The van der Waals surface area contributed by atoms with Crippen LogP contribution in [0.1, 0.15) is 45.2 Å².